The van der Waals surface area contributed by atoms with Gasteiger partial charge in [0, 0.05) is 46.7 Å². The summed E-state index contributed by atoms with van der Waals surface area (Å²) in [6.07, 6.45) is 3.40. The Labute approximate surface area is 528 Å². The topological polar surface area (TPSA) is 246 Å². The van der Waals surface area contributed by atoms with Crippen molar-refractivity contribution in [1.29, 1.82) is 0 Å². The van der Waals surface area contributed by atoms with Crippen molar-refractivity contribution in [2.75, 3.05) is 74.8 Å². The maximum atomic E-state index is 15.3. The number of likely N-dealkylation sites (N-methyl/N-ethyl adjacent to an activating group) is 3. The van der Waals surface area contributed by atoms with Gasteiger partial charge in [0.15, 0.2) is 23.9 Å². The summed E-state index contributed by atoms with van der Waals surface area (Å²) in [6, 6.07) is 18.0. The number of rotatable bonds is 33. The molecule has 90 heavy (non-hydrogen) atoms. The maximum absolute atomic E-state index is 15.3. The van der Waals surface area contributed by atoms with Crippen molar-refractivity contribution in [3.8, 4) is 17.2 Å². The van der Waals surface area contributed by atoms with Crippen LogP contribution >= 0.6 is 0 Å². The van der Waals surface area contributed by atoms with E-state index in [9.17, 15) is 43.2 Å². The molecule has 21 nitrogen and oxygen atoms in total. The fourth-order valence-corrected chi connectivity index (χ4v) is 10.3. The van der Waals surface area contributed by atoms with Crippen molar-refractivity contribution < 1.29 is 76.0 Å². The average Bonchev–Trinajstić information content (AvgIpc) is 1.30. The van der Waals surface area contributed by atoms with Gasteiger partial charge in [-0.25, -0.2) is 14.0 Å². The normalized spacial score (nSPS) is 14.6. The summed E-state index contributed by atoms with van der Waals surface area (Å²) in [7, 11) is 7.23. The number of ether oxygens (including phenoxy) is 6. The number of hydrogen-bond donors (Lipinski definition) is 2. The number of likely N-dealkylation sites (tertiary alicyclic amines) is 1. The van der Waals surface area contributed by atoms with Crippen LogP contribution in [0.15, 0.2) is 91.5 Å². The van der Waals surface area contributed by atoms with E-state index in [1.54, 1.807) is 58.2 Å². The third kappa shape index (κ3) is 20.6. The highest BCUT2D eigenvalue weighted by molar-refractivity contribution is 6.38. The van der Waals surface area contributed by atoms with Crippen LogP contribution in [0.2, 0.25) is 0 Å². The molecule has 1 aliphatic heterocycles. The lowest BCUT2D eigenvalue weighted by Crippen LogP contribution is -2.59. The number of nitrogens with one attached hydrogen (secondary N) is 2. The maximum Gasteiger partial charge on any atom is 0.330 e. The van der Waals surface area contributed by atoms with E-state index >= 15 is 4.39 Å². The molecule has 1 heterocycles. The predicted molar refractivity (Wildman–Crippen MR) is 337 cm³/mol. The molecule has 4 aromatic carbocycles. The number of Topliss-reactive ketones (excluding diaryl/α,β-unsaturated/α-hetero) is 1. The Morgan fingerprint density at radius 2 is 1.51 bits per heavy atom. The number of carbonyl (C=O) groups excluding carboxylic acids is 9. The molecule has 1 fully saturated rings. The molecule has 0 aromatic heterocycles. The second kappa shape index (κ2) is 34.0. The Morgan fingerprint density at radius 1 is 0.789 bits per heavy atom. The SMILES string of the molecule is C=CC(=O)OCC(C)(C)C(=O)C(=O)N1CCCC[C@H]1C(=O)O[C@H](CCc1cc(F)c(OC)c(OC)c1)c1cccc(OCC(=O)N(C)[C@@H](CCCC)C(=O)N[C@@H](Cc2ccc3ccccc3c2)C(=O)N(C)[C@@H](COC(C)(C)C)C(=O)NCC(=O)N(C)CCC)c1. The first kappa shape index (κ1) is 72.3. The number of halogens is 1. The van der Waals surface area contributed by atoms with Crippen molar-refractivity contribution in [1.82, 2.24) is 30.2 Å². The number of carbonyl (C=O) groups is 9. The number of unbranched alkanes of at least 4 members (excludes halogenated alkanes) is 1. The quantitative estimate of drug-likeness (QED) is 0.0264. The van der Waals surface area contributed by atoms with E-state index < -0.39 is 108 Å². The van der Waals surface area contributed by atoms with Crippen LogP contribution in [0.1, 0.15) is 123 Å². The molecule has 0 radical (unpaired) electrons. The van der Waals surface area contributed by atoms with Gasteiger partial charge in [-0.2, -0.15) is 0 Å². The van der Waals surface area contributed by atoms with Crippen LogP contribution in [0, 0.1) is 11.2 Å². The van der Waals surface area contributed by atoms with Gasteiger partial charge in [-0.1, -0.05) is 87.9 Å². The van der Waals surface area contributed by atoms with Crippen LogP contribution in [0.25, 0.3) is 10.8 Å². The molecule has 0 spiro atoms. The van der Waals surface area contributed by atoms with E-state index in [-0.39, 0.29) is 75.0 Å². The first-order valence-electron chi connectivity index (χ1n) is 30.6. The van der Waals surface area contributed by atoms with Gasteiger partial charge in [-0.3, -0.25) is 33.6 Å². The van der Waals surface area contributed by atoms with Gasteiger partial charge < -0.3 is 58.7 Å². The van der Waals surface area contributed by atoms with Crippen LogP contribution in [0.3, 0.4) is 0 Å². The van der Waals surface area contributed by atoms with E-state index in [4.69, 9.17) is 28.4 Å². The molecule has 0 unspecified atom stereocenters. The lowest BCUT2D eigenvalue weighted by Gasteiger charge is -2.36. The molecule has 0 aliphatic carbocycles. The summed E-state index contributed by atoms with van der Waals surface area (Å²) < 4.78 is 49.5. The number of amides is 6. The Hall–Kier alpha value is -8.40. The van der Waals surface area contributed by atoms with Gasteiger partial charge in [0.25, 0.3) is 11.8 Å². The standard InChI is InChI=1S/C68H91FN6O15/c1-14-17-27-52(63(81)71-51(37-44-29-31-46-23-18-19-24-47(46)35-44)64(82)74(11)54(41-89-67(4,5)6)62(80)70-40-57(76)72(9)33-15-2)73(10)58(77)42-87-49-26-22-25-48(39-49)55(32-30-45-36-50(69)60(86-13)56(38-45)85-12)90-66(84)53-28-20-21-34-75(53)65(83)61(79)68(7,8)43-88-59(78)16-3/h16,18-19,22-26,29,31,35-36,38-39,51-55H,3,14-15,17,20-21,27-28,30,32-34,37,40-43H2,1-2,4-13H3,(H,70,80)(H,71,81)/t51-,52-,53-,54-,55+/m0/s1. The van der Waals surface area contributed by atoms with E-state index in [1.807, 2.05) is 56.3 Å². The first-order chi connectivity index (χ1) is 42.7. The number of nitrogens with zero attached hydrogens (tertiary/aromatic N) is 4. The molecule has 1 aliphatic rings. The molecule has 22 heteroatoms. The minimum Gasteiger partial charge on any atom is -0.493 e. The number of ketones is 1. The molecule has 1 saturated heterocycles. The summed E-state index contributed by atoms with van der Waals surface area (Å²) in [5.41, 5.74) is -0.577. The number of aryl methyl sites for hydroxylation is 1. The number of benzene rings is 4. The van der Waals surface area contributed by atoms with E-state index in [2.05, 4.69) is 17.2 Å². The molecule has 0 bridgehead atoms. The van der Waals surface area contributed by atoms with Crippen LogP contribution in [0.5, 0.6) is 17.2 Å². The van der Waals surface area contributed by atoms with Gasteiger partial charge in [0.2, 0.25) is 29.4 Å². The fraction of sp³-hybridized carbons (Fsp3) is 0.515. The molecule has 6 amide bonds. The van der Waals surface area contributed by atoms with Crippen LogP contribution in [-0.4, -0.2) is 177 Å². The largest absolute Gasteiger partial charge is 0.493 e. The summed E-state index contributed by atoms with van der Waals surface area (Å²) in [6.45, 7) is 14.6. The molecular formula is C68H91FN6O15. The van der Waals surface area contributed by atoms with Crippen molar-refractivity contribution >= 4 is 63.9 Å². The number of hydrogen-bond acceptors (Lipinski definition) is 15. The molecule has 5 atom stereocenters. The Kier molecular flexibility index (Phi) is 27.3. The highest BCUT2D eigenvalue weighted by Crippen LogP contribution is 2.35. The average molecular weight is 1250 g/mol. The van der Waals surface area contributed by atoms with Gasteiger partial charge in [-0.15, -0.1) is 0 Å². The Morgan fingerprint density at radius 3 is 2.18 bits per heavy atom. The van der Waals surface area contributed by atoms with Crippen LogP contribution < -0.4 is 24.8 Å². The third-order valence-electron chi connectivity index (χ3n) is 15.7. The van der Waals surface area contributed by atoms with Crippen LogP contribution in [-0.2, 0) is 70.2 Å². The summed E-state index contributed by atoms with van der Waals surface area (Å²) in [5.74, 6) is -6.66. The summed E-state index contributed by atoms with van der Waals surface area (Å²) in [5, 5.41) is 7.50. The van der Waals surface area contributed by atoms with E-state index in [0.717, 1.165) is 16.8 Å². The van der Waals surface area contributed by atoms with Gasteiger partial charge in [0.05, 0.1) is 38.4 Å². The fourth-order valence-electron chi connectivity index (χ4n) is 10.3. The Balaban J connectivity index is 1.41. The van der Waals surface area contributed by atoms with Crippen molar-refractivity contribution in [3.63, 3.8) is 0 Å². The molecular weight excluding hydrogens is 1160 g/mol. The lowest BCUT2D eigenvalue weighted by molar-refractivity contribution is -0.165. The summed E-state index contributed by atoms with van der Waals surface area (Å²) in [4.78, 5) is 130. The molecule has 0 saturated carbocycles. The molecule has 5 rings (SSSR count). The molecule has 2 N–H and O–H groups in total. The number of esters is 2. The second-order valence-electron chi connectivity index (χ2n) is 24.2. The second-order valence-corrected chi connectivity index (χ2v) is 24.2. The van der Waals surface area contributed by atoms with Crippen molar-refractivity contribution in [2.45, 2.75) is 149 Å². The zero-order valence-corrected chi connectivity index (χ0v) is 54.3. The number of methoxy groups -OCH3 is 2. The van der Waals surface area contributed by atoms with Crippen LogP contribution in [0.4, 0.5) is 4.39 Å². The highest BCUT2D eigenvalue weighted by Gasteiger charge is 2.43. The van der Waals surface area contributed by atoms with E-state index in [0.29, 0.717) is 55.3 Å². The monoisotopic (exact) mass is 1250 g/mol. The third-order valence-corrected chi connectivity index (χ3v) is 15.7. The summed E-state index contributed by atoms with van der Waals surface area (Å²) >= 11 is 0. The molecule has 4 aromatic rings. The van der Waals surface area contributed by atoms with Crippen molar-refractivity contribution in [3.05, 3.63) is 114 Å². The smallest absolute Gasteiger partial charge is 0.330 e. The number of piperidine rings is 1. The Bertz CT molecular complexity index is 3180. The zero-order chi connectivity index (χ0) is 66.5. The zero-order valence-electron chi connectivity index (χ0n) is 54.3. The van der Waals surface area contributed by atoms with Crippen molar-refractivity contribution in [2.24, 2.45) is 5.41 Å². The highest BCUT2D eigenvalue weighted by atomic mass is 19.1. The van der Waals surface area contributed by atoms with Gasteiger partial charge >= 0.3 is 11.9 Å². The lowest BCUT2D eigenvalue weighted by atomic mass is 9.87. The van der Waals surface area contributed by atoms with Gasteiger partial charge in [0.1, 0.15) is 42.6 Å². The first-order valence-corrected chi connectivity index (χ1v) is 30.6. The minimum atomic E-state index is -1.44. The van der Waals surface area contributed by atoms with E-state index in [1.165, 1.54) is 67.8 Å². The number of fused-ring (bicyclic) bond motifs is 1. The predicted octanol–water partition coefficient (Wildman–Crippen LogP) is 7.67. The molecule has 490 valence electrons. The van der Waals surface area contributed by atoms with Gasteiger partial charge in [-0.05, 0) is 131 Å². The minimum absolute atomic E-state index is 0.000736.